The lowest BCUT2D eigenvalue weighted by Gasteiger charge is -2.26. The van der Waals surface area contributed by atoms with Crippen LogP contribution in [0.1, 0.15) is 36.0 Å². The molecule has 2 heterocycles. The van der Waals surface area contributed by atoms with Gasteiger partial charge in [-0.2, -0.15) is 0 Å². The lowest BCUT2D eigenvalue weighted by Crippen LogP contribution is -2.34. The molecule has 11 heteroatoms. The van der Waals surface area contributed by atoms with Crippen molar-refractivity contribution >= 4 is 109 Å². The molecule has 2 fully saturated rings. The van der Waals surface area contributed by atoms with Crippen LogP contribution in [0.2, 0.25) is 0 Å². The first-order valence-electron chi connectivity index (χ1n) is 7.32. The third-order valence-electron chi connectivity index (χ3n) is 4.03. The number of carbonyl (C=O) groups is 5. The van der Waals surface area contributed by atoms with Crippen LogP contribution in [0.4, 0.5) is 11.4 Å². The van der Waals surface area contributed by atoms with Crippen LogP contribution in [0.15, 0.2) is 0 Å². The summed E-state index contributed by atoms with van der Waals surface area (Å²) in [4.78, 5) is 62.6. The van der Waals surface area contributed by atoms with E-state index in [0.717, 1.165) is 9.80 Å². The highest BCUT2D eigenvalue weighted by Crippen LogP contribution is 2.44. The number of amides is 4. The zero-order chi connectivity index (χ0) is 19.3. The third kappa shape index (κ3) is 3.04. The molecule has 26 heavy (non-hydrogen) atoms. The highest BCUT2D eigenvalue weighted by atomic mass is 127. The maximum Gasteiger partial charge on any atom is 0.338 e. The van der Waals surface area contributed by atoms with Gasteiger partial charge in [0.05, 0.1) is 27.6 Å². The quantitative estimate of drug-likeness (QED) is 0.385. The van der Waals surface area contributed by atoms with Gasteiger partial charge in [-0.25, -0.2) is 14.6 Å². The maximum atomic E-state index is 12.2. The largest absolute Gasteiger partial charge is 0.478 e. The topological polar surface area (TPSA) is 112 Å². The molecule has 0 bridgehead atoms. The number of hydrogen-bond acceptors (Lipinski definition) is 5. The van der Waals surface area contributed by atoms with Gasteiger partial charge in [0.15, 0.2) is 0 Å². The molecule has 0 unspecified atom stereocenters. The van der Waals surface area contributed by atoms with E-state index in [9.17, 15) is 29.1 Å². The number of nitrogens with zero attached hydrogens (tertiary/aromatic N) is 2. The number of rotatable bonds is 3. The van der Waals surface area contributed by atoms with Gasteiger partial charge in [0, 0.05) is 25.7 Å². The average Bonchev–Trinajstić information content (AvgIpc) is 3.04. The van der Waals surface area contributed by atoms with Crippen molar-refractivity contribution in [3.8, 4) is 0 Å². The van der Waals surface area contributed by atoms with E-state index in [1.807, 2.05) is 22.6 Å². The van der Waals surface area contributed by atoms with Gasteiger partial charge >= 0.3 is 5.97 Å². The van der Waals surface area contributed by atoms with E-state index < -0.39 is 29.6 Å². The number of carboxylic acids is 1. The molecule has 0 aromatic heterocycles. The summed E-state index contributed by atoms with van der Waals surface area (Å²) in [5.74, 6) is -3.01. The Bertz CT molecular complexity index is 818. The van der Waals surface area contributed by atoms with Crippen molar-refractivity contribution in [2.24, 2.45) is 0 Å². The Morgan fingerprint density at radius 1 is 0.692 bits per heavy atom. The predicted octanol–water partition coefficient (Wildman–Crippen LogP) is 2.51. The molecule has 8 nitrogen and oxygen atoms in total. The van der Waals surface area contributed by atoms with Crippen molar-refractivity contribution in [1.82, 2.24) is 0 Å². The molecule has 0 spiro atoms. The molecule has 136 valence electrons. The molecular formula is C15H9I3N2O6. The Morgan fingerprint density at radius 2 is 1.00 bits per heavy atom. The van der Waals surface area contributed by atoms with Crippen molar-refractivity contribution < 1.29 is 29.1 Å². The van der Waals surface area contributed by atoms with E-state index in [1.165, 1.54) is 0 Å². The Labute approximate surface area is 188 Å². The molecule has 0 radical (unpaired) electrons. The van der Waals surface area contributed by atoms with Crippen molar-refractivity contribution in [2.45, 2.75) is 25.7 Å². The Morgan fingerprint density at radius 3 is 1.27 bits per heavy atom. The van der Waals surface area contributed by atoms with Gasteiger partial charge in [0.25, 0.3) is 0 Å². The average molecular weight is 694 g/mol. The molecule has 4 amide bonds. The monoisotopic (exact) mass is 694 g/mol. The van der Waals surface area contributed by atoms with Crippen LogP contribution in [0.5, 0.6) is 0 Å². The van der Waals surface area contributed by atoms with E-state index >= 15 is 0 Å². The van der Waals surface area contributed by atoms with Crippen molar-refractivity contribution in [2.75, 3.05) is 9.80 Å². The van der Waals surface area contributed by atoms with Crippen LogP contribution in [0, 0.1) is 10.7 Å². The standard InChI is InChI=1S/C15H9I3N2O6/c16-10-9(15(25)26)11(17)14(20-7(23)3-4-8(20)24)12(18)13(10)19-5(21)1-2-6(19)22/h1-4H2,(H,25,26). The summed E-state index contributed by atoms with van der Waals surface area (Å²) in [6.45, 7) is 0. The van der Waals surface area contributed by atoms with Crippen molar-refractivity contribution in [3.05, 3.63) is 16.3 Å². The molecule has 3 rings (SSSR count). The number of carboxylic acid groups (broad SMARTS) is 1. The molecule has 2 saturated heterocycles. The summed E-state index contributed by atoms with van der Waals surface area (Å²) in [6.07, 6.45) is 0.152. The molecular weight excluding hydrogens is 685 g/mol. The van der Waals surface area contributed by atoms with Gasteiger partial charge in [0.1, 0.15) is 0 Å². The zero-order valence-electron chi connectivity index (χ0n) is 12.8. The van der Waals surface area contributed by atoms with Crippen molar-refractivity contribution in [3.63, 3.8) is 0 Å². The van der Waals surface area contributed by atoms with Gasteiger partial charge in [-0.15, -0.1) is 0 Å². The molecule has 2 aliphatic heterocycles. The van der Waals surface area contributed by atoms with E-state index in [4.69, 9.17) is 0 Å². The number of anilines is 2. The number of carbonyl (C=O) groups excluding carboxylic acids is 4. The number of imide groups is 2. The third-order valence-corrected chi connectivity index (χ3v) is 7.16. The molecule has 0 saturated carbocycles. The fraction of sp³-hybridized carbons (Fsp3) is 0.267. The van der Waals surface area contributed by atoms with Crippen molar-refractivity contribution in [1.29, 1.82) is 0 Å². The SMILES string of the molecule is O=C(O)c1c(I)c(N2C(=O)CCC2=O)c(I)c(N2C(=O)CCC2=O)c1I. The number of hydrogen-bond donors (Lipinski definition) is 1. The summed E-state index contributed by atoms with van der Waals surface area (Å²) < 4.78 is 0.763. The normalized spacial score (nSPS) is 17.7. The lowest BCUT2D eigenvalue weighted by molar-refractivity contribution is -0.122. The summed E-state index contributed by atoms with van der Waals surface area (Å²) in [7, 11) is 0. The molecule has 0 aliphatic carbocycles. The minimum Gasteiger partial charge on any atom is -0.478 e. The van der Waals surface area contributed by atoms with Crippen LogP contribution >= 0.6 is 67.8 Å². The van der Waals surface area contributed by atoms with Crippen LogP contribution < -0.4 is 9.80 Å². The van der Waals surface area contributed by atoms with E-state index in [-0.39, 0.29) is 49.8 Å². The van der Waals surface area contributed by atoms with E-state index in [2.05, 4.69) is 0 Å². The van der Waals surface area contributed by atoms with Gasteiger partial charge in [-0.3, -0.25) is 19.2 Å². The minimum atomic E-state index is -1.27. The fourth-order valence-electron chi connectivity index (χ4n) is 2.87. The number of aromatic carboxylic acids is 1. The van der Waals surface area contributed by atoms with Gasteiger partial charge in [-0.1, -0.05) is 0 Å². The highest BCUT2D eigenvalue weighted by molar-refractivity contribution is 14.1. The number of halogens is 3. The van der Waals surface area contributed by atoms with Crippen LogP contribution in [-0.2, 0) is 19.2 Å². The zero-order valence-corrected chi connectivity index (χ0v) is 19.3. The first-order valence-corrected chi connectivity index (χ1v) is 10.6. The van der Waals surface area contributed by atoms with E-state index in [1.54, 1.807) is 45.2 Å². The fourth-order valence-corrected chi connectivity index (χ4v) is 7.46. The molecule has 1 N–H and O–H groups in total. The molecule has 1 aromatic carbocycles. The lowest BCUT2D eigenvalue weighted by atomic mass is 10.1. The van der Waals surface area contributed by atoms with Crippen LogP contribution in [0.3, 0.4) is 0 Å². The maximum absolute atomic E-state index is 12.2. The first kappa shape index (κ1) is 19.9. The minimum absolute atomic E-state index is 0.0380. The highest BCUT2D eigenvalue weighted by Gasteiger charge is 2.40. The van der Waals surface area contributed by atoms with E-state index in [0.29, 0.717) is 3.57 Å². The molecule has 1 aromatic rings. The van der Waals surface area contributed by atoms with Crippen LogP contribution in [-0.4, -0.2) is 34.7 Å². The predicted molar refractivity (Wildman–Crippen MR) is 115 cm³/mol. The molecule has 2 aliphatic rings. The second-order valence-electron chi connectivity index (χ2n) is 5.57. The summed E-state index contributed by atoms with van der Waals surface area (Å²) >= 11 is 5.42. The van der Waals surface area contributed by atoms with Gasteiger partial charge in [0.2, 0.25) is 23.6 Å². The summed E-state index contributed by atoms with van der Waals surface area (Å²) in [6, 6.07) is 0. The second kappa shape index (κ2) is 7.29. The number of benzene rings is 1. The Balaban J connectivity index is 2.37. The summed E-state index contributed by atoms with van der Waals surface area (Å²) in [5.41, 5.74) is 0.106. The smallest absolute Gasteiger partial charge is 0.338 e. The van der Waals surface area contributed by atoms with Gasteiger partial charge in [-0.05, 0) is 67.8 Å². The molecule has 0 atom stereocenters. The Kier molecular flexibility index (Phi) is 5.58. The van der Waals surface area contributed by atoms with Crippen LogP contribution in [0.25, 0.3) is 0 Å². The summed E-state index contributed by atoms with van der Waals surface area (Å²) in [5, 5.41) is 9.65. The van der Waals surface area contributed by atoms with Gasteiger partial charge < -0.3 is 5.11 Å². The Hall–Kier alpha value is -0.840. The first-order chi connectivity index (χ1) is 12.2. The second-order valence-corrected chi connectivity index (χ2v) is 8.80.